The number of carbonyl (C=O) groups excluding carboxylic acids is 1. The van der Waals surface area contributed by atoms with Crippen molar-refractivity contribution < 1.29 is 17.9 Å². The highest BCUT2D eigenvalue weighted by atomic mass is 32.2. The van der Waals surface area contributed by atoms with Gasteiger partial charge >= 0.3 is 11.1 Å². The van der Waals surface area contributed by atoms with Crippen LogP contribution < -0.4 is 16.4 Å². The predicted octanol–water partition coefficient (Wildman–Crippen LogP) is -0.446. The van der Waals surface area contributed by atoms with Gasteiger partial charge in [-0.25, -0.2) is 8.42 Å². The predicted molar refractivity (Wildman–Crippen MR) is 101 cm³/mol. The molecule has 0 radical (unpaired) electrons. The Morgan fingerprint density at radius 3 is 2.37 bits per heavy atom. The molecular weight excluding hydrogens is 374 g/mol. The quantitative estimate of drug-likeness (QED) is 0.477. The molecule has 10 heteroatoms. The molecule has 1 heterocycles. The minimum absolute atomic E-state index is 0.00386. The molecule has 0 unspecified atom stereocenters. The van der Waals surface area contributed by atoms with E-state index < -0.39 is 21.0 Å². The summed E-state index contributed by atoms with van der Waals surface area (Å²) in [6.45, 7) is 0.926. The number of ether oxygens (including phenoxy) is 1. The summed E-state index contributed by atoms with van der Waals surface area (Å²) < 4.78 is 32.3. The van der Waals surface area contributed by atoms with Crippen LogP contribution in [0.15, 0.2) is 32.7 Å². The number of amides is 1. The van der Waals surface area contributed by atoms with Crippen LogP contribution in [0, 0.1) is 0 Å². The molecule has 2 rings (SSSR count). The average molecular weight is 397 g/mol. The second kappa shape index (κ2) is 8.49. The molecular formula is C17H23N3O6S. The topological polar surface area (TPSA) is 116 Å². The number of aryl methyl sites for hydroxylation is 2. The second-order valence-electron chi connectivity index (χ2n) is 6.14. The Kier molecular flexibility index (Phi) is 6.55. The van der Waals surface area contributed by atoms with Crippen molar-refractivity contribution in [3.8, 4) is 0 Å². The van der Waals surface area contributed by atoms with Gasteiger partial charge in [-0.05, 0) is 24.6 Å². The summed E-state index contributed by atoms with van der Waals surface area (Å²) in [5.41, 5.74) is -0.662. The van der Waals surface area contributed by atoms with Crippen molar-refractivity contribution in [1.82, 2.24) is 14.5 Å². The molecule has 1 N–H and O–H groups in total. The minimum atomic E-state index is -3.72. The molecule has 1 aromatic carbocycles. The van der Waals surface area contributed by atoms with Crippen molar-refractivity contribution in [1.29, 1.82) is 0 Å². The molecule has 0 spiro atoms. The average Bonchev–Trinajstić information content (AvgIpc) is 2.66. The number of hydrogen-bond acceptors (Lipinski definition) is 6. The molecule has 1 amide bonds. The molecule has 0 aliphatic carbocycles. The highest BCUT2D eigenvalue weighted by Crippen LogP contribution is 2.18. The van der Waals surface area contributed by atoms with Gasteiger partial charge in [-0.15, -0.1) is 0 Å². The molecule has 27 heavy (non-hydrogen) atoms. The molecule has 148 valence electrons. The third-order valence-corrected chi connectivity index (χ3v) is 5.98. The Bertz CT molecular complexity index is 1070. The lowest BCUT2D eigenvalue weighted by atomic mass is 10.3. The van der Waals surface area contributed by atoms with E-state index >= 15 is 0 Å². The van der Waals surface area contributed by atoms with E-state index in [4.69, 9.17) is 4.74 Å². The van der Waals surface area contributed by atoms with Crippen LogP contribution in [0.25, 0.3) is 11.0 Å². The fraction of sp³-hybridized carbons (Fsp3) is 0.471. The summed E-state index contributed by atoms with van der Waals surface area (Å²) in [7, 11) is 0.703. The first-order chi connectivity index (χ1) is 12.7. The maximum absolute atomic E-state index is 12.5. The van der Waals surface area contributed by atoms with Crippen LogP contribution in [-0.4, -0.2) is 49.5 Å². The third-order valence-electron chi connectivity index (χ3n) is 4.27. The maximum atomic E-state index is 12.5. The van der Waals surface area contributed by atoms with Gasteiger partial charge in [0.2, 0.25) is 5.91 Å². The van der Waals surface area contributed by atoms with E-state index in [1.807, 2.05) is 0 Å². The zero-order valence-electron chi connectivity index (χ0n) is 15.5. The first kappa shape index (κ1) is 20.8. The number of methoxy groups -OCH3 is 1. The number of nitrogens with one attached hydrogen (secondary N) is 1. The number of sulfone groups is 1. The highest BCUT2D eigenvalue weighted by molar-refractivity contribution is 7.91. The van der Waals surface area contributed by atoms with Crippen molar-refractivity contribution in [2.24, 2.45) is 14.1 Å². The maximum Gasteiger partial charge on any atom is 0.316 e. The summed E-state index contributed by atoms with van der Waals surface area (Å²) in [5, 5.41) is 2.63. The van der Waals surface area contributed by atoms with E-state index in [1.54, 1.807) is 7.11 Å². The van der Waals surface area contributed by atoms with Crippen molar-refractivity contribution in [3.63, 3.8) is 0 Å². The van der Waals surface area contributed by atoms with Crippen molar-refractivity contribution in [2.45, 2.75) is 17.7 Å². The molecule has 1 aromatic heterocycles. The summed E-state index contributed by atoms with van der Waals surface area (Å²) in [5.74, 6) is -0.709. The molecule has 2 aromatic rings. The lowest BCUT2D eigenvalue weighted by Crippen LogP contribution is -2.39. The zero-order valence-corrected chi connectivity index (χ0v) is 16.3. The van der Waals surface area contributed by atoms with E-state index in [0.29, 0.717) is 30.6 Å². The zero-order chi connectivity index (χ0) is 20.2. The second-order valence-corrected chi connectivity index (χ2v) is 8.25. The fourth-order valence-corrected chi connectivity index (χ4v) is 3.89. The van der Waals surface area contributed by atoms with Crippen LogP contribution in [0.2, 0.25) is 0 Å². The van der Waals surface area contributed by atoms with Crippen molar-refractivity contribution in [3.05, 3.63) is 38.9 Å². The third kappa shape index (κ3) is 4.64. The van der Waals surface area contributed by atoms with Crippen LogP contribution in [0.5, 0.6) is 0 Å². The first-order valence-corrected chi connectivity index (χ1v) is 10.0. The van der Waals surface area contributed by atoms with Gasteiger partial charge in [0, 0.05) is 40.8 Å². The SMILES string of the molecule is COCCCNC(=O)CCS(=O)(=O)c1ccc2c(c1)n(C)c(=O)c(=O)n2C. The summed E-state index contributed by atoms with van der Waals surface area (Å²) in [4.78, 5) is 35.6. The summed E-state index contributed by atoms with van der Waals surface area (Å²) in [6, 6.07) is 4.20. The Balaban J connectivity index is 2.21. The van der Waals surface area contributed by atoms with Gasteiger partial charge in [-0.1, -0.05) is 0 Å². The van der Waals surface area contributed by atoms with Gasteiger partial charge < -0.3 is 19.2 Å². The van der Waals surface area contributed by atoms with Gasteiger partial charge in [0.1, 0.15) is 0 Å². The van der Waals surface area contributed by atoms with E-state index in [0.717, 1.165) is 4.57 Å². The molecule has 0 saturated carbocycles. The van der Waals surface area contributed by atoms with Crippen LogP contribution in [0.3, 0.4) is 0 Å². The number of nitrogens with zero attached hydrogens (tertiary/aromatic N) is 2. The number of benzene rings is 1. The van der Waals surface area contributed by atoms with E-state index in [-0.39, 0.29) is 23.0 Å². The molecule has 9 nitrogen and oxygen atoms in total. The minimum Gasteiger partial charge on any atom is -0.385 e. The number of fused-ring (bicyclic) bond motifs is 1. The van der Waals surface area contributed by atoms with E-state index in [1.165, 1.54) is 36.9 Å². The molecule has 0 bridgehead atoms. The lowest BCUT2D eigenvalue weighted by Gasteiger charge is -2.11. The van der Waals surface area contributed by atoms with Crippen molar-refractivity contribution >= 4 is 26.8 Å². The van der Waals surface area contributed by atoms with Crippen LogP contribution in [0.4, 0.5) is 0 Å². The molecule has 0 fully saturated rings. The van der Waals surface area contributed by atoms with Crippen LogP contribution in [-0.2, 0) is 33.5 Å². The van der Waals surface area contributed by atoms with E-state index in [2.05, 4.69) is 5.32 Å². The van der Waals surface area contributed by atoms with Crippen LogP contribution >= 0.6 is 0 Å². The smallest absolute Gasteiger partial charge is 0.316 e. The van der Waals surface area contributed by atoms with Gasteiger partial charge in [0.05, 0.1) is 21.7 Å². The van der Waals surface area contributed by atoms with Crippen LogP contribution in [0.1, 0.15) is 12.8 Å². The lowest BCUT2D eigenvalue weighted by molar-refractivity contribution is -0.120. The Morgan fingerprint density at radius 2 is 1.74 bits per heavy atom. The Labute approximate surface area is 156 Å². The number of rotatable bonds is 8. The Hall–Kier alpha value is -2.46. The monoisotopic (exact) mass is 397 g/mol. The van der Waals surface area contributed by atoms with Gasteiger partial charge in [-0.2, -0.15) is 0 Å². The standard InChI is InChI=1S/C17H23N3O6S/c1-19-13-6-5-12(11-14(13)20(2)17(23)16(19)22)27(24,25)10-7-15(21)18-8-4-9-26-3/h5-6,11H,4,7-10H2,1-3H3,(H,18,21). The van der Waals surface area contributed by atoms with Gasteiger partial charge in [0.15, 0.2) is 9.84 Å². The largest absolute Gasteiger partial charge is 0.385 e. The summed E-state index contributed by atoms with van der Waals surface area (Å²) >= 11 is 0. The van der Waals surface area contributed by atoms with E-state index in [9.17, 15) is 22.8 Å². The normalized spacial score (nSPS) is 11.7. The number of carbonyl (C=O) groups is 1. The molecule has 0 aliphatic heterocycles. The van der Waals surface area contributed by atoms with Crippen molar-refractivity contribution in [2.75, 3.05) is 26.0 Å². The fourth-order valence-electron chi connectivity index (χ4n) is 2.63. The molecule has 0 aliphatic rings. The molecule has 0 saturated heterocycles. The molecule has 0 atom stereocenters. The number of hydrogen-bond donors (Lipinski definition) is 1. The summed E-state index contributed by atoms with van der Waals surface area (Å²) in [6.07, 6.45) is 0.478. The van der Waals surface area contributed by atoms with Gasteiger partial charge in [0.25, 0.3) is 0 Å². The van der Waals surface area contributed by atoms with Gasteiger partial charge in [-0.3, -0.25) is 14.4 Å². The Morgan fingerprint density at radius 1 is 1.11 bits per heavy atom. The number of aromatic nitrogens is 2. The first-order valence-electron chi connectivity index (χ1n) is 8.37. The highest BCUT2D eigenvalue weighted by Gasteiger charge is 2.18.